The molecule has 0 bridgehead atoms. The third-order valence-electron chi connectivity index (χ3n) is 5.12. The fraction of sp³-hybridized carbons (Fsp3) is 0.0909. The fourth-order valence-corrected chi connectivity index (χ4v) is 3.60. The van der Waals surface area contributed by atoms with Crippen molar-refractivity contribution in [1.29, 1.82) is 0 Å². The lowest BCUT2D eigenvalue weighted by molar-refractivity contribution is 0.174. The van der Waals surface area contributed by atoms with Gasteiger partial charge in [-0.15, -0.1) is 5.10 Å². The lowest BCUT2D eigenvalue weighted by Crippen LogP contribution is -2.21. The summed E-state index contributed by atoms with van der Waals surface area (Å²) >= 11 is 0. The Bertz CT molecular complexity index is 1540. The van der Waals surface area contributed by atoms with Crippen LogP contribution in [0.25, 0.3) is 28.5 Å². The smallest absolute Gasteiger partial charge is 0.350 e. The quantitative estimate of drug-likeness (QED) is 0.431. The highest BCUT2D eigenvalue weighted by Crippen LogP contribution is 2.32. The zero-order valence-corrected chi connectivity index (χ0v) is 16.4. The summed E-state index contributed by atoms with van der Waals surface area (Å²) in [7, 11) is 0. The lowest BCUT2D eigenvalue weighted by atomic mass is 10.2. The zero-order chi connectivity index (χ0) is 21.7. The van der Waals surface area contributed by atoms with E-state index in [1.807, 2.05) is 12.1 Å². The first-order valence-electron chi connectivity index (χ1n) is 9.72. The zero-order valence-electron chi connectivity index (χ0n) is 16.4. The Balaban J connectivity index is 1.39. The third-order valence-corrected chi connectivity index (χ3v) is 5.12. The van der Waals surface area contributed by atoms with Crippen molar-refractivity contribution in [3.63, 3.8) is 0 Å². The van der Waals surface area contributed by atoms with Crippen LogP contribution in [0.4, 0.5) is 4.39 Å². The summed E-state index contributed by atoms with van der Waals surface area (Å²) in [6.45, 7) is 0.424. The Morgan fingerprint density at radius 2 is 1.94 bits per heavy atom. The normalized spacial score (nSPS) is 12.5. The predicted molar refractivity (Wildman–Crippen MR) is 110 cm³/mol. The van der Waals surface area contributed by atoms with E-state index in [9.17, 15) is 9.18 Å². The van der Waals surface area contributed by atoms with Gasteiger partial charge in [-0.1, -0.05) is 23.4 Å². The summed E-state index contributed by atoms with van der Waals surface area (Å²) in [5.74, 6) is 1.32. The molecule has 0 spiro atoms. The second-order valence-electron chi connectivity index (χ2n) is 7.18. The second kappa shape index (κ2) is 7.05. The lowest BCUT2D eigenvalue weighted by Gasteiger charge is -2.02. The number of aromatic nitrogens is 5. The summed E-state index contributed by atoms with van der Waals surface area (Å²) in [4.78, 5) is 17.3. The van der Waals surface area contributed by atoms with Crippen molar-refractivity contribution < 1.29 is 18.4 Å². The minimum atomic E-state index is -0.398. The fourth-order valence-electron chi connectivity index (χ4n) is 3.60. The maximum Gasteiger partial charge on any atom is 0.350 e. The van der Waals surface area contributed by atoms with E-state index in [4.69, 9.17) is 14.0 Å². The second-order valence-corrected chi connectivity index (χ2v) is 7.18. The molecule has 158 valence electrons. The highest BCUT2D eigenvalue weighted by Gasteiger charge is 2.19. The van der Waals surface area contributed by atoms with E-state index in [1.54, 1.807) is 36.5 Å². The molecule has 0 amide bonds. The number of hydrogen-bond acceptors (Lipinski definition) is 7. The SMILES string of the molecule is O=c1n(Cc2ccc3c(c2)OCO3)nc2c(-c3nc(-c4cccc(F)c4)no3)cccn12. The van der Waals surface area contributed by atoms with Crippen LogP contribution in [0.15, 0.2) is 70.1 Å². The van der Waals surface area contributed by atoms with Crippen LogP contribution in [0.2, 0.25) is 0 Å². The van der Waals surface area contributed by atoms with E-state index < -0.39 is 5.82 Å². The summed E-state index contributed by atoms with van der Waals surface area (Å²) < 4.78 is 32.4. The van der Waals surface area contributed by atoms with Crippen LogP contribution in [0.3, 0.4) is 0 Å². The van der Waals surface area contributed by atoms with Crippen molar-refractivity contribution in [2.45, 2.75) is 6.54 Å². The number of fused-ring (bicyclic) bond motifs is 2. The van der Waals surface area contributed by atoms with Gasteiger partial charge in [0.05, 0.1) is 12.1 Å². The minimum absolute atomic E-state index is 0.176. The van der Waals surface area contributed by atoms with Crippen LogP contribution in [0, 0.1) is 5.82 Å². The molecule has 3 aromatic heterocycles. The van der Waals surface area contributed by atoms with Gasteiger partial charge in [-0.3, -0.25) is 0 Å². The highest BCUT2D eigenvalue weighted by molar-refractivity contribution is 5.72. The minimum Gasteiger partial charge on any atom is -0.454 e. The van der Waals surface area contributed by atoms with Gasteiger partial charge in [0.25, 0.3) is 5.89 Å². The van der Waals surface area contributed by atoms with E-state index in [0.717, 1.165) is 5.56 Å². The average molecular weight is 431 g/mol. The number of rotatable bonds is 4. The molecule has 0 saturated heterocycles. The van der Waals surface area contributed by atoms with Gasteiger partial charge in [0.15, 0.2) is 17.1 Å². The van der Waals surface area contributed by atoms with Crippen molar-refractivity contribution in [3.05, 3.63) is 82.7 Å². The monoisotopic (exact) mass is 431 g/mol. The Morgan fingerprint density at radius 3 is 2.84 bits per heavy atom. The van der Waals surface area contributed by atoms with Crippen molar-refractivity contribution in [1.82, 2.24) is 24.3 Å². The molecule has 6 rings (SSSR count). The maximum atomic E-state index is 13.5. The predicted octanol–water partition coefficient (Wildman–Crippen LogP) is 3.13. The van der Waals surface area contributed by atoms with E-state index in [2.05, 4.69) is 15.2 Å². The van der Waals surface area contributed by atoms with Crippen molar-refractivity contribution in [2.24, 2.45) is 0 Å². The molecule has 32 heavy (non-hydrogen) atoms. The Labute approximate surface area is 179 Å². The molecule has 9 nitrogen and oxygen atoms in total. The molecule has 0 aliphatic carbocycles. The summed E-state index contributed by atoms with van der Waals surface area (Å²) in [6.07, 6.45) is 1.62. The number of hydrogen-bond donors (Lipinski definition) is 0. The van der Waals surface area contributed by atoms with Gasteiger partial charge in [-0.2, -0.15) is 4.98 Å². The first-order valence-corrected chi connectivity index (χ1v) is 9.72. The molecule has 4 heterocycles. The van der Waals surface area contributed by atoms with E-state index in [0.29, 0.717) is 28.3 Å². The van der Waals surface area contributed by atoms with Crippen LogP contribution in [0.5, 0.6) is 11.5 Å². The molecule has 2 aromatic carbocycles. The number of nitrogens with zero attached hydrogens (tertiary/aromatic N) is 5. The molecular weight excluding hydrogens is 417 g/mol. The molecular formula is C22H14FN5O4. The van der Waals surface area contributed by atoms with Gasteiger partial charge in [0.2, 0.25) is 12.6 Å². The standard InChI is InChI=1S/C22H14FN5O4/c23-15-4-1-3-14(10-15)19-24-21(32-26-19)16-5-2-8-27-20(16)25-28(22(27)29)11-13-6-7-17-18(9-13)31-12-30-17/h1-10H,11-12H2. The summed E-state index contributed by atoms with van der Waals surface area (Å²) in [5.41, 5.74) is 1.87. The van der Waals surface area contributed by atoms with Gasteiger partial charge in [0.1, 0.15) is 5.82 Å². The number of pyridine rings is 1. The largest absolute Gasteiger partial charge is 0.454 e. The van der Waals surface area contributed by atoms with Crippen LogP contribution in [0.1, 0.15) is 5.56 Å². The van der Waals surface area contributed by atoms with Crippen molar-refractivity contribution in [2.75, 3.05) is 6.79 Å². The molecule has 0 fully saturated rings. The van der Waals surface area contributed by atoms with Crippen LogP contribution in [-0.4, -0.2) is 31.1 Å². The maximum absolute atomic E-state index is 13.5. The van der Waals surface area contributed by atoms with E-state index in [1.165, 1.54) is 21.2 Å². The Hall–Kier alpha value is -4.47. The molecule has 0 atom stereocenters. The first-order chi connectivity index (χ1) is 15.7. The summed E-state index contributed by atoms with van der Waals surface area (Å²) in [6, 6.07) is 14.8. The van der Waals surface area contributed by atoms with Crippen LogP contribution >= 0.6 is 0 Å². The van der Waals surface area contributed by atoms with Gasteiger partial charge < -0.3 is 14.0 Å². The molecule has 10 heteroatoms. The third kappa shape index (κ3) is 3.00. The van der Waals surface area contributed by atoms with Crippen molar-refractivity contribution in [3.8, 4) is 34.3 Å². The molecule has 5 aromatic rings. The van der Waals surface area contributed by atoms with E-state index >= 15 is 0 Å². The van der Waals surface area contributed by atoms with Crippen molar-refractivity contribution >= 4 is 5.65 Å². The Kier molecular flexibility index (Phi) is 4.03. The van der Waals surface area contributed by atoms with Crippen LogP contribution < -0.4 is 15.2 Å². The Morgan fingerprint density at radius 1 is 1.03 bits per heavy atom. The van der Waals surface area contributed by atoms with Gasteiger partial charge in [-0.05, 0) is 42.0 Å². The number of benzene rings is 2. The van der Waals surface area contributed by atoms with Crippen LogP contribution in [-0.2, 0) is 6.54 Å². The molecule has 0 radical (unpaired) electrons. The molecule has 0 saturated carbocycles. The summed E-state index contributed by atoms with van der Waals surface area (Å²) in [5, 5.41) is 8.42. The van der Waals surface area contributed by atoms with Gasteiger partial charge in [0, 0.05) is 11.8 Å². The van der Waals surface area contributed by atoms with Gasteiger partial charge >= 0.3 is 5.69 Å². The highest BCUT2D eigenvalue weighted by atomic mass is 19.1. The van der Waals surface area contributed by atoms with Gasteiger partial charge in [-0.25, -0.2) is 18.3 Å². The first kappa shape index (κ1) is 18.3. The number of ether oxygens (including phenoxy) is 2. The molecule has 0 unspecified atom stereocenters. The topological polar surface area (TPSA) is 96.7 Å². The average Bonchev–Trinajstić information content (AvgIpc) is 3.53. The molecule has 0 N–H and O–H groups in total. The van der Waals surface area contributed by atoms with E-state index in [-0.39, 0.29) is 30.7 Å². The molecule has 1 aliphatic rings. The number of halogens is 1. The molecule has 1 aliphatic heterocycles.